The maximum absolute atomic E-state index is 11.3. The molecular weight excluding hydrogens is 220 g/mol. The zero-order valence-electron chi connectivity index (χ0n) is 11.4. The van der Waals surface area contributed by atoms with Gasteiger partial charge in [-0.05, 0) is 19.4 Å². The van der Waals surface area contributed by atoms with Gasteiger partial charge in [-0.3, -0.25) is 4.79 Å². The van der Waals surface area contributed by atoms with Crippen LogP contribution in [0.2, 0.25) is 0 Å². The zero-order chi connectivity index (χ0) is 13.3. The van der Waals surface area contributed by atoms with Crippen LogP contribution in [0.25, 0.3) is 0 Å². The number of nitrogens with one attached hydrogen (secondary N) is 1. The highest BCUT2D eigenvalue weighted by Crippen LogP contribution is 2.03. The van der Waals surface area contributed by atoms with E-state index < -0.39 is 11.4 Å². The largest absolute Gasteiger partial charge is 0.379 e. The van der Waals surface area contributed by atoms with Gasteiger partial charge in [0.2, 0.25) is 5.91 Å². The Labute approximate surface area is 104 Å². The molecule has 5 nitrogen and oxygen atoms in total. The predicted octanol–water partition coefficient (Wildman–Crippen LogP) is 0.529. The van der Waals surface area contributed by atoms with Gasteiger partial charge >= 0.3 is 0 Å². The number of carbonyl (C=O) groups is 1. The van der Waals surface area contributed by atoms with Gasteiger partial charge < -0.3 is 20.5 Å². The highest BCUT2D eigenvalue weighted by molar-refractivity contribution is 5.84. The highest BCUT2D eigenvalue weighted by atomic mass is 16.5. The molecule has 0 aliphatic heterocycles. The molecule has 0 aliphatic carbocycles. The van der Waals surface area contributed by atoms with E-state index in [0.717, 1.165) is 6.61 Å². The Morgan fingerprint density at radius 1 is 1.35 bits per heavy atom. The Balaban J connectivity index is 3.73. The molecule has 1 atom stereocenters. The third-order valence-electron chi connectivity index (χ3n) is 2.32. The molecule has 0 aliphatic rings. The number of likely N-dealkylation sites (N-methyl/N-ethyl adjacent to an activating group) is 1. The third-order valence-corrected chi connectivity index (χ3v) is 2.32. The van der Waals surface area contributed by atoms with Crippen molar-refractivity contribution in [1.29, 1.82) is 0 Å². The topological polar surface area (TPSA) is 73.6 Å². The van der Waals surface area contributed by atoms with Crippen LogP contribution in [-0.4, -0.2) is 44.4 Å². The Morgan fingerprint density at radius 3 is 2.41 bits per heavy atom. The molecule has 0 bridgehead atoms. The summed E-state index contributed by atoms with van der Waals surface area (Å²) in [6.45, 7) is 10.5. The lowest BCUT2D eigenvalue weighted by atomic mass is 10.0. The second kappa shape index (κ2) is 8.44. The summed E-state index contributed by atoms with van der Waals surface area (Å²) >= 11 is 0. The van der Waals surface area contributed by atoms with Crippen LogP contribution < -0.4 is 11.1 Å². The van der Waals surface area contributed by atoms with Crippen LogP contribution in [0.1, 0.15) is 27.7 Å². The van der Waals surface area contributed by atoms with Crippen molar-refractivity contribution in [3.05, 3.63) is 0 Å². The van der Waals surface area contributed by atoms with E-state index in [9.17, 15) is 4.79 Å². The van der Waals surface area contributed by atoms with E-state index in [1.54, 1.807) is 6.92 Å². The molecule has 0 aromatic carbocycles. The molecule has 0 aromatic heterocycles. The van der Waals surface area contributed by atoms with Gasteiger partial charge in [0.05, 0.1) is 19.8 Å². The van der Waals surface area contributed by atoms with E-state index in [-0.39, 0.29) is 6.61 Å². The molecule has 0 rings (SSSR count). The van der Waals surface area contributed by atoms with Crippen molar-refractivity contribution < 1.29 is 14.3 Å². The van der Waals surface area contributed by atoms with Crippen molar-refractivity contribution in [1.82, 2.24) is 5.32 Å². The zero-order valence-corrected chi connectivity index (χ0v) is 11.4. The van der Waals surface area contributed by atoms with E-state index in [1.807, 2.05) is 6.92 Å². The van der Waals surface area contributed by atoms with E-state index in [2.05, 4.69) is 19.2 Å². The summed E-state index contributed by atoms with van der Waals surface area (Å²) in [5.41, 5.74) is 4.53. The number of ether oxygens (including phenoxy) is 2. The third kappa shape index (κ3) is 7.31. The summed E-state index contributed by atoms with van der Waals surface area (Å²) in [6, 6.07) is 0. The van der Waals surface area contributed by atoms with E-state index >= 15 is 0 Å². The van der Waals surface area contributed by atoms with Gasteiger partial charge in [-0.15, -0.1) is 0 Å². The van der Waals surface area contributed by atoms with Gasteiger partial charge in [-0.2, -0.15) is 0 Å². The minimum Gasteiger partial charge on any atom is -0.379 e. The van der Waals surface area contributed by atoms with Crippen molar-refractivity contribution in [3.63, 3.8) is 0 Å². The number of amides is 1. The maximum Gasteiger partial charge on any atom is 0.239 e. The average molecular weight is 246 g/mol. The lowest BCUT2D eigenvalue weighted by Gasteiger charge is -2.26. The first-order valence-electron chi connectivity index (χ1n) is 6.12. The molecular formula is C12H26N2O3. The van der Waals surface area contributed by atoms with Crippen LogP contribution in [0, 0.1) is 5.92 Å². The van der Waals surface area contributed by atoms with Crippen LogP contribution in [0.15, 0.2) is 0 Å². The smallest absolute Gasteiger partial charge is 0.239 e. The molecule has 0 saturated heterocycles. The Morgan fingerprint density at radius 2 is 1.94 bits per heavy atom. The molecule has 0 spiro atoms. The monoisotopic (exact) mass is 246 g/mol. The molecule has 0 aromatic rings. The first kappa shape index (κ1) is 16.4. The van der Waals surface area contributed by atoms with Crippen LogP contribution in [0.4, 0.5) is 0 Å². The molecule has 102 valence electrons. The first-order chi connectivity index (χ1) is 7.92. The van der Waals surface area contributed by atoms with Crippen molar-refractivity contribution in [3.8, 4) is 0 Å². The molecule has 0 fully saturated rings. The van der Waals surface area contributed by atoms with Crippen molar-refractivity contribution in [2.75, 3.05) is 33.0 Å². The molecule has 5 heteroatoms. The number of primary amides is 1. The second-order valence-corrected chi connectivity index (χ2v) is 4.75. The quantitative estimate of drug-likeness (QED) is 0.551. The predicted molar refractivity (Wildman–Crippen MR) is 67.8 cm³/mol. The molecule has 0 radical (unpaired) electrons. The standard InChI is InChI=1S/C12H26N2O3/c1-5-14-12(4,11(13)15)9-17-7-6-16-8-10(2)3/h10,14H,5-9H2,1-4H3,(H2,13,15). The Bertz CT molecular complexity index is 222. The summed E-state index contributed by atoms with van der Waals surface area (Å²) in [4.78, 5) is 11.3. The van der Waals surface area contributed by atoms with Gasteiger partial charge in [-0.1, -0.05) is 20.8 Å². The number of carbonyl (C=O) groups excluding carboxylic acids is 1. The fraction of sp³-hybridized carbons (Fsp3) is 0.917. The fourth-order valence-electron chi connectivity index (χ4n) is 1.31. The lowest BCUT2D eigenvalue weighted by molar-refractivity contribution is -0.126. The van der Waals surface area contributed by atoms with Crippen LogP contribution in [0.3, 0.4) is 0 Å². The van der Waals surface area contributed by atoms with Crippen LogP contribution in [0.5, 0.6) is 0 Å². The molecule has 3 N–H and O–H groups in total. The number of hydrogen-bond acceptors (Lipinski definition) is 4. The Hall–Kier alpha value is -0.650. The average Bonchev–Trinajstić information content (AvgIpc) is 2.23. The van der Waals surface area contributed by atoms with Crippen molar-refractivity contribution in [2.24, 2.45) is 11.7 Å². The van der Waals surface area contributed by atoms with Crippen molar-refractivity contribution >= 4 is 5.91 Å². The van der Waals surface area contributed by atoms with Gasteiger partial charge in [-0.25, -0.2) is 0 Å². The SMILES string of the molecule is CCNC(C)(COCCOCC(C)C)C(N)=O. The van der Waals surface area contributed by atoms with E-state index in [0.29, 0.717) is 25.7 Å². The summed E-state index contributed by atoms with van der Waals surface area (Å²) in [5.74, 6) is 0.120. The molecule has 1 amide bonds. The summed E-state index contributed by atoms with van der Waals surface area (Å²) in [7, 11) is 0. The van der Waals surface area contributed by atoms with Crippen molar-refractivity contribution in [2.45, 2.75) is 33.2 Å². The first-order valence-corrected chi connectivity index (χ1v) is 6.12. The minimum atomic E-state index is -0.799. The van der Waals surface area contributed by atoms with Gasteiger partial charge in [0.1, 0.15) is 5.54 Å². The lowest BCUT2D eigenvalue weighted by Crippen LogP contribution is -2.56. The van der Waals surface area contributed by atoms with E-state index in [4.69, 9.17) is 15.2 Å². The fourth-order valence-corrected chi connectivity index (χ4v) is 1.31. The van der Waals surface area contributed by atoms with E-state index in [1.165, 1.54) is 0 Å². The van der Waals surface area contributed by atoms with Crippen LogP contribution in [-0.2, 0) is 14.3 Å². The maximum atomic E-state index is 11.3. The number of hydrogen-bond donors (Lipinski definition) is 2. The van der Waals surface area contributed by atoms with Gasteiger partial charge in [0.25, 0.3) is 0 Å². The number of rotatable bonds is 10. The molecule has 0 heterocycles. The number of nitrogens with two attached hydrogens (primary N) is 1. The summed E-state index contributed by atoms with van der Waals surface area (Å²) in [6.07, 6.45) is 0. The molecule has 0 saturated carbocycles. The molecule has 17 heavy (non-hydrogen) atoms. The summed E-state index contributed by atoms with van der Waals surface area (Å²) < 4.78 is 10.8. The normalized spacial score (nSPS) is 14.9. The second-order valence-electron chi connectivity index (χ2n) is 4.75. The van der Waals surface area contributed by atoms with Crippen LogP contribution >= 0.6 is 0 Å². The molecule has 1 unspecified atom stereocenters. The summed E-state index contributed by atoms with van der Waals surface area (Å²) in [5, 5.41) is 3.03. The Kier molecular flexibility index (Phi) is 8.12. The van der Waals surface area contributed by atoms with Gasteiger partial charge in [0.15, 0.2) is 0 Å². The highest BCUT2D eigenvalue weighted by Gasteiger charge is 2.29. The minimum absolute atomic E-state index is 0.265. The van der Waals surface area contributed by atoms with Gasteiger partial charge in [0, 0.05) is 6.61 Å².